The van der Waals surface area contributed by atoms with Gasteiger partial charge in [-0.25, -0.2) is 4.98 Å². The van der Waals surface area contributed by atoms with Gasteiger partial charge in [-0.15, -0.1) is 11.3 Å². The zero-order valence-electron chi connectivity index (χ0n) is 8.11. The van der Waals surface area contributed by atoms with Crippen LogP contribution in [0.5, 0.6) is 0 Å². The molecule has 0 N–H and O–H groups in total. The predicted molar refractivity (Wildman–Crippen MR) is 64.5 cm³/mol. The molecule has 0 amide bonds. The zero-order valence-corrected chi connectivity index (χ0v) is 9.68. The van der Waals surface area contributed by atoms with Crippen LogP contribution in [0.1, 0.15) is 24.5 Å². The Bertz CT molecular complexity index is 488. The fourth-order valence-corrected chi connectivity index (χ4v) is 2.83. The Kier molecular flexibility index (Phi) is 2.26. The van der Waals surface area contributed by atoms with Crippen LogP contribution in [0, 0.1) is 0 Å². The highest BCUT2D eigenvalue weighted by molar-refractivity contribution is 7.13. The van der Waals surface area contributed by atoms with Gasteiger partial charge in [0, 0.05) is 16.9 Å². The van der Waals surface area contributed by atoms with Gasteiger partial charge in [0.05, 0.1) is 10.7 Å². The predicted octanol–water partition coefficient (Wildman–Crippen LogP) is 4.34. The largest absolute Gasteiger partial charge is 0.241 e. The summed E-state index contributed by atoms with van der Waals surface area (Å²) in [5.41, 5.74) is 2.30. The van der Waals surface area contributed by atoms with Crippen molar-refractivity contribution >= 4 is 22.9 Å². The highest BCUT2D eigenvalue weighted by atomic mass is 35.5. The van der Waals surface area contributed by atoms with E-state index in [1.165, 1.54) is 18.5 Å². The number of thiazole rings is 1. The number of hydrogen-bond acceptors (Lipinski definition) is 2. The molecule has 1 saturated carbocycles. The van der Waals surface area contributed by atoms with E-state index in [0.717, 1.165) is 21.5 Å². The monoisotopic (exact) mass is 235 g/mol. The molecule has 1 fully saturated rings. The van der Waals surface area contributed by atoms with Crippen LogP contribution in [0.4, 0.5) is 0 Å². The van der Waals surface area contributed by atoms with Gasteiger partial charge in [0.15, 0.2) is 0 Å². The molecule has 1 aliphatic carbocycles. The van der Waals surface area contributed by atoms with Crippen LogP contribution < -0.4 is 0 Å². The summed E-state index contributed by atoms with van der Waals surface area (Å²) in [4.78, 5) is 4.64. The smallest absolute Gasteiger partial charge is 0.125 e. The van der Waals surface area contributed by atoms with Crippen molar-refractivity contribution in [2.24, 2.45) is 0 Å². The maximum absolute atomic E-state index is 6.13. The molecule has 0 radical (unpaired) electrons. The van der Waals surface area contributed by atoms with E-state index in [-0.39, 0.29) is 0 Å². The van der Waals surface area contributed by atoms with Crippen LogP contribution in [0.3, 0.4) is 0 Å². The van der Waals surface area contributed by atoms with Crippen LogP contribution in [0.25, 0.3) is 10.6 Å². The van der Waals surface area contributed by atoms with Crippen LogP contribution in [0.15, 0.2) is 29.6 Å². The number of aromatic nitrogens is 1. The molecule has 0 spiro atoms. The molecule has 0 saturated heterocycles. The minimum atomic E-state index is 0.720. The van der Waals surface area contributed by atoms with Gasteiger partial charge in [-0.1, -0.05) is 29.8 Å². The van der Waals surface area contributed by atoms with Gasteiger partial charge < -0.3 is 0 Å². The summed E-state index contributed by atoms with van der Waals surface area (Å²) in [5.74, 6) is 0.720. The molecular formula is C12H10ClNS. The van der Waals surface area contributed by atoms with Gasteiger partial charge in [0.25, 0.3) is 0 Å². The summed E-state index contributed by atoms with van der Waals surface area (Å²) in [7, 11) is 0. The molecule has 1 aromatic carbocycles. The molecule has 0 aliphatic heterocycles. The molecular weight excluding hydrogens is 226 g/mol. The van der Waals surface area contributed by atoms with E-state index in [1.807, 2.05) is 24.3 Å². The molecule has 1 heterocycles. The van der Waals surface area contributed by atoms with E-state index in [4.69, 9.17) is 11.6 Å². The number of benzene rings is 1. The lowest BCUT2D eigenvalue weighted by Crippen LogP contribution is -1.81. The van der Waals surface area contributed by atoms with Gasteiger partial charge in [-0.05, 0) is 18.9 Å². The van der Waals surface area contributed by atoms with Crippen molar-refractivity contribution in [2.45, 2.75) is 18.8 Å². The van der Waals surface area contributed by atoms with Crippen molar-refractivity contribution in [3.05, 3.63) is 40.4 Å². The van der Waals surface area contributed by atoms with Crippen molar-refractivity contribution in [3.8, 4) is 10.6 Å². The first-order valence-corrected chi connectivity index (χ1v) is 6.30. The third-order valence-electron chi connectivity index (χ3n) is 2.62. The third-order valence-corrected chi connectivity index (χ3v) is 3.85. The first-order chi connectivity index (χ1) is 7.34. The maximum Gasteiger partial charge on any atom is 0.125 e. The Hall–Kier alpha value is -0.860. The van der Waals surface area contributed by atoms with Gasteiger partial charge in [-0.3, -0.25) is 0 Å². The van der Waals surface area contributed by atoms with Crippen molar-refractivity contribution in [3.63, 3.8) is 0 Å². The van der Waals surface area contributed by atoms with Gasteiger partial charge >= 0.3 is 0 Å². The van der Waals surface area contributed by atoms with E-state index in [1.54, 1.807) is 11.3 Å². The van der Waals surface area contributed by atoms with Gasteiger partial charge in [0.1, 0.15) is 5.01 Å². The van der Waals surface area contributed by atoms with Crippen LogP contribution in [0.2, 0.25) is 5.02 Å². The average molecular weight is 236 g/mol. The van der Waals surface area contributed by atoms with Crippen molar-refractivity contribution < 1.29 is 0 Å². The van der Waals surface area contributed by atoms with Gasteiger partial charge in [0.2, 0.25) is 0 Å². The molecule has 76 valence electrons. The second kappa shape index (κ2) is 3.62. The molecule has 1 aromatic heterocycles. The Morgan fingerprint density at radius 1 is 1.27 bits per heavy atom. The SMILES string of the molecule is Clc1ccccc1-c1nc(C2CC2)cs1. The van der Waals surface area contributed by atoms with E-state index in [9.17, 15) is 0 Å². The summed E-state index contributed by atoms with van der Waals surface area (Å²) >= 11 is 7.82. The standard InChI is InChI=1S/C12H10ClNS/c13-10-4-2-1-3-9(10)12-14-11(7-15-12)8-5-6-8/h1-4,7-8H,5-6H2. The lowest BCUT2D eigenvalue weighted by atomic mass is 10.2. The van der Waals surface area contributed by atoms with Gasteiger partial charge in [-0.2, -0.15) is 0 Å². The number of halogens is 1. The van der Waals surface area contributed by atoms with Crippen LogP contribution in [-0.2, 0) is 0 Å². The zero-order chi connectivity index (χ0) is 10.3. The minimum Gasteiger partial charge on any atom is -0.241 e. The molecule has 2 aromatic rings. The fraction of sp³-hybridized carbons (Fsp3) is 0.250. The molecule has 0 bridgehead atoms. The normalized spacial score (nSPS) is 15.5. The van der Waals surface area contributed by atoms with Crippen molar-refractivity contribution in [1.82, 2.24) is 4.98 Å². The van der Waals surface area contributed by atoms with Crippen molar-refractivity contribution in [1.29, 1.82) is 0 Å². The molecule has 1 nitrogen and oxygen atoms in total. The van der Waals surface area contributed by atoms with E-state index in [2.05, 4.69) is 10.4 Å². The number of rotatable bonds is 2. The Labute approximate surface area is 97.7 Å². The quantitative estimate of drug-likeness (QED) is 0.755. The molecule has 15 heavy (non-hydrogen) atoms. The van der Waals surface area contributed by atoms with Crippen LogP contribution in [-0.4, -0.2) is 4.98 Å². The molecule has 1 aliphatic rings. The summed E-state index contributed by atoms with van der Waals surface area (Å²) in [5, 5.41) is 3.99. The molecule has 0 unspecified atom stereocenters. The summed E-state index contributed by atoms with van der Waals surface area (Å²) < 4.78 is 0. The summed E-state index contributed by atoms with van der Waals surface area (Å²) in [6.45, 7) is 0. The molecule has 3 rings (SSSR count). The van der Waals surface area contributed by atoms with E-state index < -0.39 is 0 Å². The minimum absolute atomic E-state index is 0.720. The number of nitrogens with zero attached hydrogens (tertiary/aromatic N) is 1. The second-order valence-corrected chi connectivity index (χ2v) is 5.10. The van der Waals surface area contributed by atoms with E-state index >= 15 is 0 Å². The highest BCUT2D eigenvalue weighted by Crippen LogP contribution is 2.42. The Morgan fingerprint density at radius 3 is 2.80 bits per heavy atom. The second-order valence-electron chi connectivity index (χ2n) is 3.83. The third kappa shape index (κ3) is 1.80. The number of hydrogen-bond donors (Lipinski definition) is 0. The average Bonchev–Trinajstić information content (AvgIpc) is 2.99. The maximum atomic E-state index is 6.13. The van der Waals surface area contributed by atoms with E-state index in [0.29, 0.717) is 0 Å². The topological polar surface area (TPSA) is 12.9 Å². The highest BCUT2D eigenvalue weighted by Gasteiger charge is 2.26. The Morgan fingerprint density at radius 2 is 2.07 bits per heavy atom. The lowest BCUT2D eigenvalue weighted by molar-refractivity contribution is 1.05. The first-order valence-electron chi connectivity index (χ1n) is 5.05. The first kappa shape index (κ1) is 9.37. The summed E-state index contributed by atoms with van der Waals surface area (Å²) in [6, 6.07) is 7.88. The fourth-order valence-electron chi connectivity index (χ4n) is 1.61. The Balaban J connectivity index is 2.01. The lowest BCUT2D eigenvalue weighted by Gasteiger charge is -1.98. The molecule has 3 heteroatoms. The van der Waals surface area contributed by atoms with Crippen molar-refractivity contribution in [2.75, 3.05) is 0 Å². The summed E-state index contributed by atoms with van der Waals surface area (Å²) in [6.07, 6.45) is 2.59. The molecule has 0 atom stereocenters. The van der Waals surface area contributed by atoms with Crippen LogP contribution >= 0.6 is 22.9 Å².